The van der Waals surface area contributed by atoms with E-state index in [1.165, 1.54) is 0 Å². The van der Waals surface area contributed by atoms with Gasteiger partial charge in [-0.25, -0.2) is 8.42 Å². The van der Waals surface area contributed by atoms with Gasteiger partial charge in [-0.1, -0.05) is 32.0 Å². The van der Waals surface area contributed by atoms with Crippen molar-refractivity contribution in [3.8, 4) is 0 Å². The minimum absolute atomic E-state index is 0.0103. The van der Waals surface area contributed by atoms with Gasteiger partial charge in [-0.05, 0) is 25.3 Å². The van der Waals surface area contributed by atoms with Crippen molar-refractivity contribution in [1.82, 2.24) is 9.88 Å². The van der Waals surface area contributed by atoms with Gasteiger partial charge >= 0.3 is 0 Å². The Balaban J connectivity index is 1.93. The van der Waals surface area contributed by atoms with Crippen LogP contribution in [0.2, 0.25) is 0 Å². The van der Waals surface area contributed by atoms with Gasteiger partial charge in [-0.15, -0.1) is 0 Å². The van der Waals surface area contributed by atoms with E-state index >= 15 is 0 Å². The van der Waals surface area contributed by atoms with E-state index in [9.17, 15) is 13.2 Å². The van der Waals surface area contributed by atoms with E-state index in [2.05, 4.69) is 23.7 Å². The molecule has 1 aromatic carbocycles. The van der Waals surface area contributed by atoms with Crippen LogP contribution in [0.15, 0.2) is 30.5 Å². The Bertz CT molecular complexity index is 883. The van der Waals surface area contributed by atoms with Gasteiger partial charge in [0.2, 0.25) is 0 Å². The van der Waals surface area contributed by atoms with Gasteiger partial charge in [0.25, 0.3) is 5.91 Å². The van der Waals surface area contributed by atoms with Crippen molar-refractivity contribution in [2.75, 3.05) is 11.5 Å². The topological polar surface area (TPSA) is 68.2 Å². The Labute approximate surface area is 143 Å². The number of sulfone groups is 1. The number of nitrogens with one attached hydrogen (secondary N) is 1. The molecule has 2 aromatic rings. The minimum atomic E-state index is -3.05. The van der Waals surface area contributed by atoms with Crippen molar-refractivity contribution < 1.29 is 13.2 Å². The van der Waals surface area contributed by atoms with Crippen LogP contribution in [0.1, 0.15) is 37.6 Å². The number of carbonyl (C=O) groups excluding carboxylic acids is 1. The first kappa shape index (κ1) is 17.0. The first-order chi connectivity index (χ1) is 11.2. The molecule has 1 unspecified atom stereocenters. The van der Waals surface area contributed by atoms with Gasteiger partial charge in [-0.3, -0.25) is 4.79 Å². The lowest BCUT2D eigenvalue weighted by Crippen LogP contribution is -2.46. The van der Waals surface area contributed by atoms with Gasteiger partial charge < -0.3 is 9.88 Å². The molecule has 2 heterocycles. The molecule has 130 valence electrons. The third-order valence-electron chi connectivity index (χ3n) is 4.51. The zero-order chi connectivity index (χ0) is 17.5. The smallest absolute Gasteiger partial charge is 0.253 e. The standard InChI is InChI=1S/C18H24N2O3S/c1-13(2)10-20-11-15(14-6-4-5-7-16(14)20)17(21)19-18(3)8-9-24(22,23)12-18/h4-7,11,13H,8-10,12H2,1-3H3,(H,19,21). The summed E-state index contributed by atoms with van der Waals surface area (Å²) in [5.41, 5.74) is 0.953. The van der Waals surface area contributed by atoms with Crippen LogP contribution < -0.4 is 5.32 Å². The fourth-order valence-electron chi connectivity index (χ4n) is 3.42. The normalized spacial score (nSPS) is 23.0. The SMILES string of the molecule is CC(C)Cn1cc(C(=O)NC2(C)CCS(=O)(=O)C2)c2ccccc21. The van der Waals surface area contributed by atoms with Crippen molar-refractivity contribution in [2.24, 2.45) is 5.92 Å². The highest BCUT2D eigenvalue weighted by Crippen LogP contribution is 2.26. The lowest BCUT2D eigenvalue weighted by molar-refractivity contribution is 0.0917. The predicted molar refractivity (Wildman–Crippen MR) is 95.9 cm³/mol. The summed E-state index contributed by atoms with van der Waals surface area (Å²) >= 11 is 0. The number of fused-ring (bicyclic) bond motifs is 1. The van der Waals surface area contributed by atoms with Crippen molar-refractivity contribution in [3.05, 3.63) is 36.0 Å². The third-order valence-corrected chi connectivity index (χ3v) is 6.42. The van der Waals surface area contributed by atoms with E-state index in [1.54, 1.807) is 0 Å². The second-order valence-corrected chi connectivity index (χ2v) is 9.65. The molecule has 1 aromatic heterocycles. The Morgan fingerprint density at radius 2 is 2.04 bits per heavy atom. The van der Waals surface area contributed by atoms with Gasteiger partial charge in [0.1, 0.15) is 0 Å². The Morgan fingerprint density at radius 1 is 1.33 bits per heavy atom. The average molecular weight is 348 g/mol. The highest BCUT2D eigenvalue weighted by Gasteiger charge is 2.39. The number of para-hydroxylation sites is 1. The molecule has 1 saturated heterocycles. The lowest BCUT2D eigenvalue weighted by Gasteiger charge is -2.23. The first-order valence-corrected chi connectivity index (χ1v) is 10.1. The maximum atomic E-state index is 12.8. The van der Waals surface area contributed by atoms with Crippen molar-refractivity contribution in [1.29, 1.82) is 0 Å². The summed E-state index contributed by atoms with van der Waals surface area (Å²) in [6.45, 7) is 6.92. The molecule has 0 aliphatic carbocycles. The number of rotatable bonds is 4. The van der Waals surface area contributed by atoms with Crippen LogP contribution in [-0.2, 0) is 16.4 Å². The average Bonchev–Trinajstić information content (AvgIpc) is 2.96. The number of nitrogens with zero attached hydrogens (tertiary/aromatic N) is 1. The lowest BCUT2D eigenvalue weighted by atomic mass is 10.0. The van der Waals surface area contributed by atoms with E-state index in [0.29, 0.717) is 17.9 Å². The molecule has 24 heavy (non-hydrogen) atoms. The zero-order valence-electron chi connectivity index (χ0n) is 14.4. The summed E-state index contributed by atoms with van der Waals surface area (Å²) < 4.78 is 25.6. The summed E-state index contributed by atoms with van der Waals surface area (Å²) in [6.07, 6.45) is 2.35. The Kier molecular flexibility index (Phi) is 4.20. The number of hydrogen-bond donors (Lipinski definition) is 1. The monoisotopic (exact) mass is 348 g/mol. The summed E-state index contributed by atoms with van der Waals surface area (Å²) in [5.74, 6) is 0.414. The van der Waals surface area contributed by atoms with Crippen LogP contribution in [-0.4, -0.2) is 35.9 Å². The molecule has 0 saturated carbocycles. The van der Waals surface area contributed by atoms with Crippen molar-refractivity contribution >= 4 is 26.6 Å². The summed E-state index contributed by atoms with van der Waals surface area (Å²) in [7, 11) is -3.05. The molecule has 1 aliphatic heterocycles. The minimum Gasteiger partial charge on any atom is -0.346 e. The molecule has 6 heteroatoms. The van der Waals surface area contributed by atoms with Crippen LogP contribution in [0.4, 0.5) is 0 Å². The summed E-state index contributed by atoms with van der Waals surface area (Å²) in [6, 6.07) is 7.83. The number of amides is 1. The number of carbonyl (C=O) groups is 1. The number of benzene rings is 1. The molecule has 0 bridgehead atoms. The molecule has 0 spiro atoms. The van der Waals surface area contributed by atoms with Gasteiger partial charge in [0.15, 0.2) is 9.84 Å². The maximum Gasteiger partial charge on any atom is 0.253 e. The Hall–Kier alpha value is -1.82. The molecule has 1 fully saturated rings. The maximum absolute atomic E-state index is 12.8. The van der Waals surface area contributed by atoms with Crippen molar-refractivity contribution in [2.45, 2.75) is 39.3 Å². The fourth-order valence-corrected chi connectivity index (χ4v) is 5.52. The van der Waals surface area contributed by atoms with Crippen LogP contribution in [0, 0.1) is 5.92 Å². The molecule has 1 amide bonds. The van der Waals surface area contributed by atoms with E-state index in [1.807, 2.05) is 37.4 Å². The molecule has 0 radical (unpaired) electrons. The summed E-state index contributed by atoms with van der Waals surface area (Å²) in [5, 5.41) is 3.86. The number of hydrogen-bond acceptors (Lipinski definition) is 3. The molecule has 1 atom stereocenters. The van der Waals surface area contributed by atoms with Crippen LogP contribution >= 0.6 is 0 Å². The Morgan fingerprint density at radius 3 is 2.67 bits per heavy atom. The number of aromatic nitrogens is 1. The van der Waals surface area contributed by atoms with E-state index < -0.39 is 15.4 Å². The van der Waals surface area contributed by atoms with E-state index in [0.717, 1.165) is 17.4 Å². The zero-order valence-corrected chi connectivity index (χ0v) is 15.2. The second kappa shape index (κ2) is 5.92. The highest BCUT2D eigenvalue weighted by molar-refractivity contribution is 7.91. The highest BCUT2D eigenvalue weighted by atomic mass is 32.2. The molecule has 1 N–H and O–H groups in total. The van der Waals surface area contributed by atoms with E-state index in [-0.39, 0.29) is 17.4 Å². The summed E-state index contributed by atoms with van der Waals surface area (Å²) in [4.78, 5) is 12.8. The molecular formula is C18H24N2O3S. The molecule has 3 rings (SSSR count). The molecular weight excluding hydrogens is 324 g/mol. The van der Waals surface area contributed by atoms with Crippen LogP contribution in [0.3, 0.4) is 0 Å². The first-order valence-electron chi connectivity index (χ1n) is 8.30. The second-order valence-electron chi connectivity index (χ2n) is 7.46. The quantitative estimate of drug-likeness (QED) is 0.923. The van der Waals surface area contributed by atoms with Crippen LogP contribution in [0.5, 0.6) is 0 Å². The van der Waals surface area contributed by atoms with E-state index in [4.69, 9.17) is 0 Å². The van der Waals surface area contributed by atoms with Gasteiger partial charge in [-0.2, -0.15) is 0 Å². The largest absolute Gasteiger partial charge is 0.346 e. The molecule has 1 aliphatic rings. The van der Waals surface area contributed by atoms with Gasteiger partial charge in [0.05, 0.1) is 22.6 Å². The predicted octanol–water partition coefficient (Wildman–Crippen LogP) is 2.60. The van der Waals surface area contributed by atoms with Gasteiger partial charge in [0, 0.05) is 23.6 Å². The molecule has 5 nitrogen and oxygen atoms in total. The van der Waals surface area contributed by atoms with Crippen molar-refractivity contribution in [3.63, 3.8) is 0 Å². The van der Waals surface area contributed by atoms with Crippen LogP contribution in [0.25, 0.3) is 10.9 Å². The third kappa shape index (κ3) is 3.34. The fraction of sp³-hybridized carbons (Fsp3) is 0.500.